The van der Waals surface area contributed by atoms with Crippen molar-refractivity contribution in [3.8, 4) is 0 Å². The highest BCUT2D eigenvalue weighted by Gasteiger charge is 2.57. The Balaban J connectivity index is 1.41. The van der Waals surface area contributed by atoms with Crippen LogP contribution in [0.15, 0.2) is 18.2 Å². The Kier molecular flexibility index (Phi) is 4.75. The molecule has 0 spiro atoms. The summed E-state index contributed by atoms with van der Waals surface area (Å²) in [7, 11) is 1.77. The molecule has 1 aromatic rings. The van der Waals surface area contributed by atoms with Crippen molar-refractivity contribution in [3.63, 3.8) is 0 Å². The number of anilines is 1. The molecule has 5 nitrogen and oxygen atoms in total. The first-order chi connectivity index (χ1) is 12.9. The van der Waals surface area contributed by atoms with Crippen molar-refractivity contribution in [1.29, 1.82) is 0 Å². The molecule has 0 atom stereocenters. The summed E-state index contributed by atoms with van der Waals surface area (Å²) in [6.45, 7) is 4.36. The lowest BCUT2D eigenvalue weighted by atomic mass is 9.49. The van der Waals surface area contributed by atoms with Gasteiger partial charge >= 0.3 is 11.8 Å². The normalized spacial score (nSPS) is 33.7. The van der Waals surface area contributed by atoms with Crippen LogP contribution >= 0.6 is 0 Å². The molecule has 0 aromatic heterocycles. The summed E-state index contributed by atoms with van der Waals surface area (Å²) in [4.78, 5) is 24.8. The summed E-state index contributed by atoms with van der Waals surface area (Å²) in [6.07, 6.45) is 6.17. The maximum atomic E-state index is 12.5. The van der Waals surface area contributed by atoms with Crippen molar-refractivity contribution in [2.45, 2.75) is 51.6 Å². The van der Waals surface area contributed by atoms with E-state index >= 15 is 0 Å². The molecule has 0 radical (unpaired) electrons. The van der Waals surface area contributed by atoms with Crippen molar-refractivity contribution >= 4 is 17.5 Å². The van der Waals surface area contributed by atoms with Crippen LogP contribution in [0.1, 0.15) is 43.2 Å². The minimum atomic E-state index is -0.612. The third kappa shape index (κ3) is 3.16. The highest BCUT2D eigenvalue weighted by molar-refractivity contribution is 6.39. The first kappa shape index (κ1) is 18.5. The van der Waals surface area contributed by atoms with Crippen LogP contribution in [0.4, 0.5) is 5.69 Å². The Morgan fingerprint density at radius 2 is 1.67 bits per heavy atom. The molecule has 4 bridgehead atoms. The van der Waals surface area contributed by atoms with Gasteiger partial charge in [0.2, 0.25) is 0 Å². The number of hydrogen-bond acceptors (Lipinski definition) is 3. The topological polar surface area (TPSA) is 67.4 Å². The van der Waals surface area contributed by atoms with Gasteiger partial charge in [-0.2, -0.15) is 0 Å². The standard InChI is InChI=1S/C22H30N2O3/c1-13-5-4-6-19(14(13)2)24-21(26)20(25)23-12-22(27-3)17-8-15-7-16(10-17)11-18(22)9-15/h4-6,15-18H,7-12H2,1-3H3,(H,23,25)(H,24,26). The number of nitrogens with one attached hydrogen (secondary N) is 2. The number of methoxy groups -OCH3 is 1. The van der Waals surface area contributed by atoms with Crippen LogP contribution in [-0.2, 0) is 14.3 Å². The summed E-state index contributed by atoms with van der Waals surface area (Å²) < 4.78 is 6.05. The molecule has 4 aliphatic carbocycles. The van der Waals surface area contributed by atoms with E-state index in [1.807, 2.05) is 32.0 Å². The van der Waals surface area contributed by atoms with Crippen molar-refractivity contribution in [1.82, 2.24) is 5.32 Å². The molecule has 4 saturated carbocycles. The summed E-state index contributed by atoms with van der Waals surface area (Å²) in [5, 5.41) is 5.62. The van der Waals surface area contributed by atoms with Gasteiger partial charge in [-0.25, -0.2) is 0 Å². The van der Waals surface area contributed by atoms with Gasteiger partial charge in [0, 0.05) is 19.3 Å². The van der Waals surface area contributed by atoms with E-state index in [-0.39, 0.29) is 5.60 Å². The zero-order valence-electron chi connectivity index (χ0n) is 16.5. The molecule has 0 heterocycles. The maximum absolute atomic E-state index is 12.5. The van der Waals surface area contributed by atoms with Gasteiger partial charge in [-0.15, -0.1) is 0 Å². The second-order valence-corrected chi connectivity index (χ2v) is 8.85. The first-order valence-electron chi connectivity index (χ1n) is 10.1. The van der Waals surface area contributed by atoms with E-state index in [9.17, 15) is 9.59 Å². The van der Waals surface area contributed by atoms with Gasteiger partial charge in [-0.1, -0.05) is 12.1 Å². The second-order valence-electron chi connectivity index (χ2n) is 8.85. The highest BCUT2D eigenvalue weighted by atomic mass is 16.5. The van der Waals surface area contributed by atoms with Crippen LogP contribution in [-0.4, -0.2) is 31.1 Å². The Morgan fingerprint density at radius 3 is 2.26 bits per heavy atom. The molecule has 5 rings (SSSR count). The van der Waals surface area contributed by atoms with E-state index in [1.54, 1.807) is 7.11 Å². The molecule has 5 heteroatoms. The van der Waals surface area contributed by atoms with Crippen LogP contribution in [0.2, 0.25) is 0 Å². The summed E-state index contributed by atoms with van der Waals surface area (Å²) >= 11 is 0. The number of rotatable bonds is 4. The lowest BCUT2D eigenvalue weighted by Crippen LogP contribution is -2.63. The minimum absolute atomic E-state index is 0.303. The predicted molar refractivity (Wildman–Crippen MR) is 104 cm³/mol. The highest BCUT2D eigenvalue weighted by Crippen LogP contribution is 2.59. The number of aryl methyl sites for hydroxylation is 1. The molecule has 1 aromatic carbocycles. The molecule has 4 aliphatic rings. The van der Waals surface area contributed by atoms with Gasteiger partial charge in [-0.3, -0.25) is 9.59 Å². The number of carbonyl (C=O) groups is 2. The van der Waals surface area contributed by atoms with Gasteiger partial charge in [0.15, 0.2) is 0 Å². The SMILES string of the molecule is COC1(CNC(=O)C(=O)Nc2cccc(C)c2C)C2CC3CC(C2)CC1C3. The van der Waals surface area contributed by atoms with Crippen LogP contribution in [0.5, 0.6) is 0 Å². The van der Waals surface area contributed by atoms with Crippen LogP contribution in [0, 0.1) is 37.5 Å². The van der Waals surface area contributed by atoms with E-state index < -0.39 is 11.8 Å². The van der Waals surface area contributed by atoms with Crippen molar-refractivity contribution in [2.75, 3.05) is 19.0 Å². The molecule has 0 aliphatic heterocycles. The molecule has 2 amide bonds. The van der Waals surface area contributed by atoms with Crippen LogP contribution < -0.4 is 10.6 Å². The molecular weight excluding hydrogens is 340 g/mol. The fraction of sp³-hybridized carbons (Fsp3) is 0.636. The van der Waals surface area contributed by atoms with E-state index in [0.717, 1.165) is 23.0 Å². The predicted octanol–water partition coefficient (Wildman–Crippen LogP) is 3.20. The number of carbonyl (C=O) groups excluding carboxylic acids is 2. The third-order valence-electron chi connectivity index (χ3n) is 7.48. The third-order valence-corrected chi connectivity index (χ3v) is 7.48. The molecular formula is C22H30N2O3. The first-order valence-corrected chi connectivity index (χ1v) is 10.1. The van der Waals surface area contributed by atoms with Crippen LogP contribution in [0.3, 0.4) is 0 Å². The number of hydrogen-bond donors (Lipinski definition) is 2. The Bertz CT molecular complexity index is 730. The van der Waals surface area contributed by atoms with Gasteiger partial charge in [0.25, 0.3) is 0 Å². The molecule has 0 saturated heterocycles. The lowest BCUT2D eigenvalue weighted by molar-refractivity contribution is -0.188. The largest absolute Gasteiger partial charge is 0.376 e. The van der Waals surface area contributed by atoms with Crippen molar-refractivity contribution in [3.05, 3.63) is 29.3 Å². The smallest absolute Gasteiger partial charge is 0.313 e. The molecule has 146 valence electrons. The van der Waals surface area contributed by atoms with E-state index in [4.69, 9.17) is 4.74 Å². The Morgan fingerprint density at radius 1 is 1.04 bits per heavy atom. The van der Waals surface area contributed by atoms with E-state index in [2.05, 4.69) is 10.6 Å². The quantitative estimate of drug-likeness (QED) is 0.800. The molecule has 27 heavy (non-hydrogen) atoms. The minimum Gasteiger partial charge on any atom is -0.376 e. The number of amides is 2. The van der Waals surface area contributed by atoms with Gasteiger partial charge < -0.3 is 15.4 Å². The average Bonchev–Trinajstić information content (AvgIpc) is 2.64. The molecule has 0 unspecified atom stereocenters. The second kappa shape index (κ2) is 6.93. The zero-order valence-corrected chi connectivity index (χ0v) is 16.5. The number of ether oxygens (including phenoxy) is 1. The average molecular weight is 370 g/mol. The van der Waals surface area contributed by atoms with Gasteiger partial charge in [0.05, 0.1) is 5.60 Å². The maximum Gasteiger partial charge on any atom is 0.313 e. The summed E-state index contributed by atoms with van der Waals surface area (Å²) in [5.41, 5.74) is 2.45. The molecule has 4 fully saturated rings. The summed E-state index contributed by atoms with van der Waals surface area (Å²) in [5.74, 6) is 1.47. The van der Waals surface area contributed by atoms with Gasteiger partial charge in [0.1, 0.15) is 0 Å². The van der Waals surface area contributed by atoms with Gasteiger partial charge in [-0.05, 0) is 86.8 Å². The lowest BCUT2D eigenvalue weighted by Gasteiger charge is -2.60. The number of benzene rings is 1. The fourth-order valence-corrected chi connectivity index (χ4v) is 6.04. The monoisotopic (exact) mass is 370 g/mol. The fourth-order valence-electron chi connectivity index (χ4n) is 6.04. The Labute approximate surface area is 161 Å². The van der Waals surface area contributed by atoms with Crippen molar-refractivity contribution in [2.24, 2.45) is 23.7 Å². The zero-order chi connectivity index (χ0) is 19.2. The van der Waals surface area contributed by atoms with E-state index in [0.29, 0.717) is 24.1 Å². The van der Waals surface area contributed by atoms with Crippen molar-refractivity contribution < 1.29 is 14.3 Å². The van der Waals surface area contributed by atoms with E-state index in [1.165, 1.54) is 32.1 Å². The molecule has 2 N–H and O–H groups in total. The van der Waals surface area contributed by atoms with Crippen LogP contribution in [0.25, 0.3) is 0 Å². The summed E-state index contributed by atoms with van der Waals surface area (Å²) in [6, 6.07) is 5.69. The Hall–Kier alpha value is -1.88.